The fourth-order valence-electron chi connectivity index (χ4n) is 7.41. The number of carbonyl (C=O) groups excluding carboxylic acids is 6. The number of nitrogens with one attached hydrogen (secondary N) is 6. The maximum atomic E-state index is 12.5. The summed E-state index contributed by atoms with van der Waals surface area (Å²) in [7, 11) is 0. The van der Waals surface area contributed by atoms with Gasteiger partial charge in [0.25, 0.3) is 0 Å². The van der Waals surface area contributed by atoms with Crippen LogP contribution in [0.5, 0.6) is 0 Å². The largest absolute Gasteiger partial charge is 0.481 e. The van der Waals surface area contributed by atoms with E-state index in [1.807, 2.05) is 13.8 Å². The minimum absolute atomic E-state index is 0.00511. The van der Waals surface area contributed by atoms with Gasteiger partial charge in [0.2, 0.25) is 35.4 Å². The van der Waals surface area contributed by atoms with Crippen molar-refractivity contribution in [2.45, 2.75) is 199 Å². The van der Waals surface area contributed by atoms with Gasteiger partial charge in [-0.05, 0) is 51.4 Å². The van der Waals surface area contributed by atoms with E-state index in [-0.39, 0.29) is 124 Å². The predicted octanol–water partition coefficient (Wildman–Crippen LogP) is 2.38. The highest BCUT2D eigenvalue weighted by molar-refractivity contribution is 5.87. The van der Waals surface area contributed by atoms with Gasteiger partial charge in [0.05, 0.1) is 39.6 Å². The zero-order chi connectivity index (χ0) is 60.2. The van der Waals surface area contributed by atoms with Crippen LogP contribution < -0.4 is 37.6 Å². The van der Waals surface area contributed by atoms with Crippen molar-refractivity contribution in [1.29, 1.82) is 0 Å². The summed E-state index contributed by atoms with van der Waals surface area (Å²) in [5.41, 5.74) is 5.42. The lowest BCUT2D eigenvalue weighted by atomic mass is 10.0. The highest BCUT2D eigenvalue weighted by Crippen LogP contribution is 2.14. The van der Waals surface area contributed by atoms with Crippen LogP contribution in [0, 0.1) is 0 Å². The average Bonchev–Trinajstić information content (AvgIpc) is 3.41. The molecular weight excluding hydrogens is 1050 g/mol. The van der Waals surface area contributed by atoms with Crippen LogP contribution in [0.3, 0.4) is 0 Å². The number of hydrogen-bond acceptors (Lipinski definition) is 16. The Bertz CT molecular complexity index is 1780. The summed E-state index contributed by atoms with van der Waals surface area (Å²) in [5, 5.41) is 60.8. The van der Waals surface area contributed by atoms with Crippen LogP contribution in [0.25, 0.3) is 0 Å². The van der Waals surface area contributed by atoms with Crippen molar-refractivity contribution >= 4 is 65.3 Å². The van der Waals surface area contributed by atoms with Gasteiger partial charge in [-0.15, -0.1) is 0 Å². The van der Waals surface area contributed by atoms with Gasteiger partial charge in [-0.3, -0.25) is 38.4 Å². The van der Waals surface area contributed by atoms with Gasteiger partial charge < -0.3 is 82.1 Å². The summed E-state index contributed by atoms with van der Waals surface area (Å²) < 4.78 is 21.1. The van der Waals surface area contributed by atoms with E-state index in [9.17, 15) is 68.1 Å². The molecule has 0 aromatic carbocycles. The van der Waals surface area contributed by atoms with Gasteiger partial charge in [0.15, 0.2) is 0 Å². The molecule has 0 aromatic heterocycles. The van der Waals surface area contributed by atoms with E-state index >= 15 is 0 Å². The average molecular weight is 1150 g/mol. The highest BCUT2D eigenvalue weighted by atomic mass is 16.5. The van der Waals surface area contributed by atoms with E-state index < -0.39 is 96.1 Å². The van der Waals surface area contributed by atoms with Gasteiger partial charge in [-0.25, -0.2) is 14.4 Å². The molecule has 0 spiro atoms. The number of aliphatic carboxylic acids is 5. The molecule has 0 saturated carbocycles. The van der Waals surface area contributed by atoms with Crippen LogP contribution in [-0.2, 0) is 71.7 Å². The zero-order valence-electron chi connectivity index (χ0n) is 47.2. The zero-order valence-corrected chi connectivity index (χ0v) is 47.2. The second kappa shape index (κ2) is 52.3. The Morgan fingerprint density at radius 2 is 0.675 bits per heavy atom. The molecule has 80 heavy (non-hydrogen) atoms. The Morgan fingerprint density at radius 1 is 0.338 bits per heavy atom. The first-order valence-electron chi connectivity index (χ1n) is 28.2. The topological polar surface area (TPSA) is 424 Å². The molecule has 0 aliphatic carbocycles. The van der Waals surface area contributed by atoms with Crippen molar-refractivity contribution in [3.05, 3.63) is 0 Å². The lowest BCUT2D eigenvalue weighted by Gasteiger charge is -2.17. The summed E-state index contributed by atoms with van der Waals surface area (Å²) in [4.78, 5) is 130. The quantitative estimate of drug-likeness (QED) is 0.0389. The van der Waals surface area contributed by atoms with Crippen LogP contribution >= 0.6 is 0 Å². The number of unbranched alkanes of at least 4 members (excludes halogenated alkanes) is 14. The standard InChI is InChI=1S/C51H89N7O20.C2H6/c52-37(48(67)68)17-15-16-26-53-41(59)23-21-40(51(73)74)58-46(64)36-78-34-32-76-30-28-55-45(63)35-77-33-31-75-29-27-54-42(60)24-20-38(49(69)70)57-44(62)25-22-39(50(71)72)56-43(61)18-13-11-9-7-5-3-1-2-4-6-8-10-12-14-19-47(65)66;1-2/h37-40H,1-36,52H2,(H,53,59)(H,54,60)(H,55,63)(H,56,61)(H,57,62)(H,58,64)(H,65,66)(H,67,68)(H,69,70)(H,71,72)(H,73,74);1-2H3/t37-,38?,39-,40-;/m0./s1. The Balaban J connectivity index is 0. The fourth-order valence-corrected chi connectivity index (χ4v) is 7.41. The Labute approximate surface area is 470 Å². The minimum Gasteiger partial charge on any atom is -0.481 e. The molecule has 0 saturated heterocycles. The fraction of sp³-hybridized carbons (Fsp3) is 0.792. The van der Waals surface area contributed by atoms with Crippen molar-refractivity contribution in [1.82, 2.24) is 31.9 Å². The first-order valence-corrected chi connectivity index (χ1v) is 28.2. The molecule has 27 nitrogen and oxygen atoms in total. The van der Waals surface area contributed by atoms with Crippen LogP contribution in [-0.4, -0.2) is 187 Å². The summed E-state index contributed by atoms with van der Waals surface area (Å²) in [6, 6.07) is -5.05. The van der Waals surface area contributed by atoms with Crippen molar-refractivity contribution in [3.63, 3.8) is 0 Å². The number of ether oxygens (including phenoxy) is 4. The maximum absolute atomic E-state index is 12.5. The SMILES string of the molecule is CC.N[C@@H](CCCCNC(=O)CC[C@H](NC(=O)COCCOCCNC(=O)COCCOCCNC(=O)CCC(NC(=O)CC[C@H](NC(=O)CCCCCCCCCCCCCCCCC(=O)O)C(=O)O)C(=O)O)C(=O)O)C(=O)O. The molecule has 462 valence electrons. The molecule has 4 atom stereocenters. The van der Waals surface area contributed by atoms with Gasteiger partial charge >= 0.3 is 29.8 Å². The number of carboxylic acids is 5. The number of carboxylic acid groups (broad SMARTS) is 5. The van der Waals surface area contributed by atoms with E-state index in [4.69, 9.17) is 34.9 Å². The summed E-state index contributed by atoms with van der Waals surface area (Å²) in [5.74, 6) is -9.14. The van der Waals surface area contributed by atoms with E-state index in [2.05, 4.69) is 31.9 Å². The van der Waals surface area contributed by atoms with Gasteiger partial charge in [-0.2, -0.15) is 0 Å². The summed E-state index contributed by atoms with van der Waals surface area (Å²) in [6.45, 7) is 4.19. The molecule has 0 radical (unpaired) electrons. The highest BCUT2D eigenvalue weighted by Gasteiger charge is 2.25. The number of amides is 6. The van der Waals surface area contributed by atoms with Gasteiger partial charge in [-0.1, -0.05) is 90.9 Å². The van der Waals surface area contributed by atoms with Crippen molar-refractivity contribution in [2.24, 2.45) is 5.73 Å². The number of nitrogens with two attached hydrogens (primary N) is 1. The molecule has 0 aliphatic rings. The maximum Gasteiger partial charge on any atom is 0.326 e. The van der Waals surface area contributed by atoms with Crippen molar-refractivity contribution in [2.75, 3.05) is 72.5 Å². The Kier molecular flexibility index (Phi) is 49.8. The third-order valence-electron chi connectivity index (χ3n) is 11.9. The molecule has 0 aromatic rings. The van der Waals surface area contributed by atoms with Crippen molar-refractivity contribution in [3.8, 4) is 0 Å². The van der Waals surface area contributed by atoms with Gasteiger partial charge in [0.1, 0.15) is 37.4 Å². The second-order valence-corrected chi connectivity index (χ2v) is 18.7. The predicted molar refractivity (Wildman–Crippen MR) is 291 cm³/mol. The number of carbonyl (C=O) groups is 11. The third-order valence-corrected chi connectivity index (χ3v) is 11.9. The Morgan fingerprint density at radius 3 is 1.09 bits per heavy atom. The molecule has 1 unspecified atom stereocenters. The molecule has 0 fully saturated rings. The second-order valence-electron chi connectivity index (χ2n) is 18.7. The molecule has 6 amide bonds. The molecule has 27 heteroatoms. The first-order chi connectivity index (χ1) is 38.3. The monoisotopic (exact) mass is 1150 g/mol. The smallest absolute Gasteiger partial charge is 0.326 e. The van der Waals surface area contributed by atoms with Crippen LogP contribution in [0.15, 0.2) is 0 Å². The first kappa shape index (κ1) is 76.0. The summed E-state index contributed by atoms with van der Waals surface area (Å²) in [6.07, 6.45) is 14.5. The minimum atomic E-state index is -1.42. The van der Waals surface area contributed by atoms with Crippen LogP contribution in [0.2, 0.25) is 0 Å². The molecule has 0 heterocycles. The number of rotatable bonds is 54. The number of hydrogen-bond donors (Lipinski definition) is 12. The normalized spacial score (nSPS) is 12.3. The van der Waals surface area contributed by atoms with Gasteiger partial charge in [0, 0.05) is 51.7 Å². The molecule has 13 N–H and O–H groups in total. The van der Waals surface area contributed by atoms with E-state index in [1.54, 1.807) is 0 Å². The van der Waals surface area contributed by atoms with Crippen molar-refractivity contribution < 1.29 is 97.2 Å². The molecule has 0 aliphatic heterocycles. The molecule has 0 rings (SSSR count). The van der Waals surface area contributed by atoms with Crippen LogP contribution in [0.4, 0.5) is 0 Å². The third kappa shape index (κ3) is 49.0. The van der Waals surface area contributed by atoms with E-state index in [0.717, 1.165) is 57.8 Å². The Hall–Kier alpha value is -6.03. The molecule has 0 bridgehead atoms. The van der Waals surface area contributed by atoms with E-state index in [1.165, 1.54) is 25.7 Å². The lowest BCUT2D eigenvalue weighted by Crippen LogP contribution is -2.44. The molecular formula is C53H95N7O20. The summed E-state index contributed by atoms with van der Waals surface area (Å²) >= 11 is 0. The van der Waals surface area contributed by atoms with E-state index in [0.29, 0.717) is 19.3 Å². The van der Waals surface area contributed by atoms with Crippen LogP contribution in [0.1, 0.15) is 174 Å². The lowest BCUT2D eigenvalue weighted by molar-refractivity contribution is -0.143.